The quantitative estimate of drug-likeness (QED) is 0.254. The summed E-state index contributed by atoms with van der Waals surface area (Å²) < 4.78 is 17.0. The Hall–Kier alpha value is -4.05. The van der Waals surface area contributed by atoms with Crippen molar-refractivity contribution < 1.29 is 28.6 Å². The minimum atomic E-state index is -0.560. The number of rotatable bonds is 3. The van der Waals surface area contributed by atoms with E-state index in [9.17, 15) is 14.4 Å². The van der Waals surface area contributed by atoms with Crippen molar-refractivity contribution in [2.45, 2.75) is 5.92 Å². The Morgan fingerprint density at radius 3 is 0.953 bits per heavy atom. The monoisotopic (exact) mass is 628 g/mol. The fourth-order valence-electron chi connectivity index (χ4n) is 6.61. The molecule has 0 aromatic heterocycles. The molecule has 6 aliphatic rings. The van der Waals surface area contributed by atoms with E-state index >= 15 is 0 Å². The van der Waals surface area contributed by atoms with E-state index in [1.807, 2.05) is 0 Å². The molecule has 9 rings (SSSR count). The summed E-state index contributed by atoms with van der Waals surface area (Å²) in [5.41, 5.74) is 5.59. The van der Waals surface area contributed by atoms with Gasteiger partial charge in [-0.25, -0.2) is 15.0 Å². The fourth-order valence-corrected chi connectivity index (χ4v) is 7.00. The van der Waals surface area contributed by atoms with E-state index in [0.29, 0.717) is 66.8 Å². The van der Waals surface area contributed by atoms with Crippen LogP contribution < -0.4 is 0 Å². The zero-order chi connectivity index (χ0) is 29.3. The zero-order valence-corrected chi connectivity index (χ0v) is 23.9. The molecule has 43 heavy (non-hydrogen) atoms. The SMILES string of the molecule is O=C1c2cc(C3=N[C](Cl)CO3)cc3c2C2c4c1cc(C1=N[C](Cl)CO1)cc4C(=O)c1cc(C4=N[C](Cl)CO4)cc(c12)C3=O. The van der Waals surface area contributed by atoms with Crippen LogP contribution in [0.15, 0.2) is 51.4 Å². The second-order valence-corrected chi connectivity index (χ2v) is 11.9. The highest BCUT2D eigenvalue weighted by atomic mass is 35.5. The van der Waals surface area contributed by atoms with E-state index in [1.165, 1.54) is 0 Å². The van der Waals surface area contributed by atoms with Crippen LogP contribution in [-0.2, 0) is 14.2 Å². The molecule has 3 heterocycles. The van der Waals surface area contributed by atoms with Crippen LogP contribution in [0, 0.1) is 16.5 Å². The van der Waals surface area contributed by atoms with Gasteiger partial charge >= 0.3 is 0 Å². The number of aliphatic imine (C=N–C) groups is 3. The third kappa shape index (κ3) is 3.47. The molecule has 0 unspecified atom stereocenters. The second kappa shape index (κ2) is 8.75. The first kappa shape index (κ1) is 25.4. The van der Waals surface area contributed by atoms with Crippen molar-refractivity contribution in [3.8, 4) is 0 Å². The summed E-state index contributed by atoms with van der Waals surface area (Å²) in [5, 5.41) is 0. The first-order valence-electron chi connectivity index (χ1n) is 13.1. The lowest BCUT2D eigenvalue weighted by Gasteiger charge is -2.39. The van der Waals surface area contributed by atoms with Gasteiger partial charge in [0.05, 0.1) is 0 Å². The van der Waals surface area contributed by atoms with Gasteiger partial charge in [-0.3, -0.25) is 14.4 Å². The highest BCUT2D eigenvalue weighted by Gasteiger charge is 2.48. The molecule has 0 saturated carbocycles. The number of ketones is 3. The first-order valence-corrected chi connectivity index (χ1v) is 14.3. The standard InChI is InChI=1S/C31H13Cl3N3O6/c32-19-7-41-29(35-19)10-1-13-22-14(2-10)27(39)17-5-12(31-37-21(34)9-43-31)6-18-24(17)25(22)23-15(26(13)38)3-11(4-16(23)28(18)40)30-36-20(33)8-42-30/h1-6,25H,7-9H2. The highest BCUT2D eigenvalue weighted by molar-refractivity contribution is 6.31. The Kier molecular flexibility index (Phi) is 5.18. The Morgan fingerprint density at radius 1 is 0.488 bits per heavy atom. The summed E-state index contributed by atoms with van der Waals surface area (Å²) in [6.07, 6.45) is 0. The van der Waals surface area contributed by atoms with Gasteiger partial charge in [0.25, 0.3) is 0 Å². The van der Waals surface area contributed by atoms with Crippen LogP contribution in [0.25, 0.3) is 0 Å². The van der Waals surface area contributed by atoms with E-state index in [1.54, 1.807) is 36.4 Å². The van der Waals surface area contributed by atoms with Crippen LogP contribution in [-0.4, -0.2) is 54.9 Å². The Balaban J connectivity index is 1.36. The van der Waals surface area contributed by atoms with E-state index in [4.69, 9.17) is 49.0 Å². The normalized spacial score (nSPS) is 20.4. The highest BCUT2D eigenvalue weighted by Crippen LogP contribution is 2.53. The van der Waals surface area contributed by atoms with Gasteiger partial charge in [-0.1, -0.05) is 34.8 Å². The van der Waals surface area contributed by atoms with E-state index in [0.717, 1.165) is 0 Å². The van der Waals surface area contributed by atoms with Gasteiger partial charge in [0.15, 0.2) is 17.3 Å². The summed E-state index contributed by atoms with van der Waals surface area (Å²) in [7, 11) is 0. The Morgan fingerprint density at radius 2 is 0.744 bits per heavy atom. The maximum absolute atomic E-state index is 14.3. The summed E-state index contributed by atoms with van der Waals surface area (Å²) in [6.45, 7) is 0.263. The van der Waals surface area contributed by atoms with Crippen molar-refractivity contribution in [2.75, 3.05) is 19.8 Å². The van der Waals surface area contributed by atoms with Gasteiger partial charge in [0.2, 0.25) is 34.2 Å². The smallest absolute Gasteiger partial charge is 0.218 e. The van der Waals surface area contributed by atoms with Gasteiger partial charge in [0.1, 0.15) is 19.8 Å². The molecule has 3 aromatic carbocycles. The van der Waals surface area contributed by atoms with Gasteiger partial charge < -0.3 is 14.2 Å². The lowest BCUT2D eigenvalue weighted by atomic mass is 9.61. The Bertz CT molecular complexity index is 1710. The number of hydrogen-bond acceptors (Lipinski definition) is 9. The van der Waals surface area contributed by atoms with Crippen LogP contribution in [0.5, 0.6) is 0 Å². The molecule has 0 saturated heterocycles. The first-order chi connectivity index (χ1) is 20.8. The van der Waals surface area contributed by atoms with Gasteiger partial charge in [-0.2, -0.15) is 0 Å². The molecule has 0 N–H and O–H groups in total. The number of hydrogen-bond donors (Lipinski definition) is 0. The minimum Gasteiger partial charge on any atom is -0.473 e. The number of nitrogens with zero attached hydrogens (tertiary/aromatic N) is 3. The molecule has 3 radical (unpaired) electrons. The van der Waals surface area contributed by atoms with Crippen LogP contribution in [0.1, 0.15) is 87.1 Å². The maximum atomic E-state index is 14.3. The molecule has 3 aliphatic carbocycles. The molecule has 0 atom stereocenters. The van der Waals surface area contributed by atoms with Gasteiger partial charge in [-0.15, -0.1) is 0 Å². The largest absolute Gasteiger partial charge is 0.473 e. The fraction of sp³-hybridized carbons (Fsp3) is 0.129. The number of carbonyl (C=O) groups is 3. The number of halogens is 3. The van der Waals surface area contributed by atoms with Crippen molar-refractivity contribution in [1.82, 2.24) is 0 Å². The lowest BCUT2D eigenvalue weighted by Crippen LogP contribution is -2.35. The molecular weight excluding hydrogens is 617 g/mol. The zero-order valence-electron chi connectivity index (χ0n) is 21.6. The number of carbonyl (C=O) groups excluding carboxylic acids is 3. The minimum absolute atomic E-state index is 0.0877. The predicted octanol–water partition coefficient (Wildman–Crippen LogP) is 5.02. The molecular formula is C31H13Cl3N3O6. The van der Waals surface area contributed by atoms with E-state index < -0.39 is 5.92 Å². The van der Waals surface area contributed by atoms with Crippen molar-refractivity contribution >= 4 is 69.8 Å². The summed E-state index contributed by atoms with van der Waals surface area (Å²) in [4.78, 5) is 55.6. The Labute approximate surface area is 258 Å². The summed E-state index contributed by atoms with van der Waals surface area (Å²) in [6, 6.07) is 10.0. The molecule has 0 fully saturated rings. The van der Waals surface area contributed by atoms with E-state index in [-0.39, 0.29) is 71.4 Å². The average molecular weight is 630 g/mol. The topological polar surface area (TPSA) is 116 Å². The molecule has 12 heteroatoms. The van der Waals surface area contributed by atoms with Crippen LogP contribution in [0.4, 0.5) is 0 Å². The van der Waals surface area contributed by atoms with Gasteiger partial charge in [0, 0.05) is 56.0 Å². The number of ether oxygens (including phenoxy) is 3. The molecule has 0 amide bonds. The third-order valence-electron chi connectivity index (χ3n) is 8.27. The lowest BCUT2D eigenvalue weighted by molar-refractivity contribution is 0.102. The van der Waals surface area contributed by atoms with Crippen LogP contribution >= 0.6 is 34.8 Å². The van der Waals surface area contributed by atoms with Crippen molar-refractivity contribution in [2.24, 2.45) is 15.0 Å². The molecule has 3 aliphatic heterocycles. The molecule has 209 valence electrons. The van der Waals surface area contributed by atoms with Crippen molar-refractivity contribution in [3.05, 3.63) is 120 Å². The molecule has 9 nitrogen and oxygen atoms in total. The molecule has 0 bridgehead atoms. The second-order valence-electron chi connectivity index (χ2n) is 10.6. The van der Waals surface area contributed by atoms with Crippen molar-refractivity contribution in [3.63, 3.8) is 0 Å². The van der Waals surface area contributed by atoms with E-state index in [2.05, 4.69) is 15.0 Å². The van der Waals surface area contributed by atoms with Crippen molar-refractivity contribution in [1.29, 1.82) is 0 Å². The summed E-state index contributed by atoms with van der Waals surface area (Å²) in [5.74, 6) is -0.978. The predicted molar refractivity (Wildman–Crippen MR) is 155 cm³/mol. The average Bonchev–Trinajstić information content (AvgIpc) is 3.76. The number of benzene rings is 3. The summed E-state index contributed by atoms with van der Waals surface area (Å²) >= 11 is 18.3. The van der Waals surface area contributed by atoms with Crippen LogP contribution in [0.2, 0.25) is 0 Å². The van der Waals surface area contributed by atoms with Gasteiger partial charge in [-0.05, 0) is 53.1 Å². The maximum Gasteiger partial charge on any atom is 0.218 e. The van der Waals surface area contributed by atoms with Crippen LogP contribution in [0.3, 0.4) is 0 Å². The molecule has 0 spiro atoms. The molecule has 3 aromatic rings. The third-order valence-corrected chi connectivity index (χ3v) is 8.85.